The quantitative estimate of drug-likeness (QED) is 0.719. The minimum absolute atomic E-state index is 0.241. The average Bonchev–Trinajstić information content (AvgIpc) is 3.43. The smallest absolute Gasteiger partial charge is 0.255 e. The number of rotatable bonds is 5. The minimum Gasteiger partial charge on any atom is -0.324 e. The lowest BCUT2D eigenvalue weighted by Gasteiger charge is -2.15. The van der Waals surface area contributed by atoms with Gasteiger partial charge >= 0.3 is 0 Å². The first-order valence-electron chi connectivity index (χ1n) is 9.19. The molecule has 0 unspecified atom stereocenters. The van der Waals surface area contributed by atoms with Gasteiger partial charge in [-0.3, -0.25) is 4.79 Å². The number of nitrogens with one attached hydrogen (secondary N) is 1. The van der Waals surface area contributed by atoms with E-state index in [4.69, 9.17) is 0 Å². The molecule has 6 nitrogen and oxygen atoms in total. The molecule has 28 heavy (non-hydrogen) atoms. The normalized spacial score (nSPS) is 14.9. The summed E-state index contributed by atoms with van der Waals surface area (Å²) in [5.74, 6) is -0.241. The summed E-state index contributed by atoms with van der Waals surface area (Å²) in [6.45, 7) is 1.14. The molecule has 1 amide bonds. The van der Waals surface area contributed by atoms with Gasteiger partial charge in [-0.1, -0.05) is 0 Å². The van der Waals surface area contributed by atoms with Gasteiger partial charge in [-0.2, -0.15) is 4.31 Å². The summed E-state index contributed by atoms with van der Waals surface area (Å²) < 4.78 is 28.6. The molecule has 0 atom stereocenters. The highest BCUT2D eigenvalue weighted by atomic mass is 32.2. The molecule has 1 saturated heterocycles. The third-order valence-electron chi connectivity index (χ3n) is 4.85. The van der Waals surface area contributed by atoms with E-state index in [-0.39, 0.29) is 10.8 Å². The molecule has 0 bridgehead atoms. The number of carbonyl (C=O) groups is 1. The van der Waals surface area contributed by atoms with Crippen LogP contribution in [0.5, 0.6) is 0 Å². The molecule has 2 heterocycles. The van der Waals surface area contributed by atoms with Gasteiger partial charge in [0, 0.05) is 42.4 Å². The van der Waals surface area contributed by atoms with Crippen LogP contribution in [0.25, 0.3) is 5.69 Å². The van der Waals surface area contributed by atoms with Crippen molar-refractivity contribution in [3.05, 3.63) is 78.6 Å². The van der Waals surface area contributed by atoms with Crippen molar-refractivity contribution in [3.8, 4) is 5.69 Å². The van der Waals surface area contributed by atoms with Crippen LogP contribution >= 0.6 is 0 Å². The van der Waals surface area contributed by atoms with Gasteiger partial charge in [0.15, 0.2) is 0 Å². The van der Waals surface area contributed by atoms with Crippen LogP contribution in [0.3, 0.4) is 0 Å². The zero-order valence-electron chi connectivity index (χ0n) is 15.3. The molecule has 4 rings (SSSR count). The lowest BCUT2D eigenvalue weighted by Crippen LogP contribution is -2.27. The predicted molar refractivity (Wildman–Crippen MR) is 108 cm³/mol. The van der Waals surface area contributed by atoms with Crippen molar-refractivity contribution < 1.29 is 13.2 Å². The lowest BCUT2D eigenvalue weighted by molar-refractivity contribution is 0.102. The first kappa shape index (κ1) is 18.5. The first-order chi connectivity index (χ1) is 13.5. The summed E-state index contributed by atoms with van der Waals surface area (Å²) in [7, 11) is -3.44. The molecule has 1 fully saturated rings. The van der Waals surface area contributed by atoms with Crippen LogP contribution in [0.1, 0.15) is 23.2 Å². The highest BCUT2D eigenvalue weighted by Gasteiger charge is 2.26. The first-order valence-corrected chi connectivity index (χ1v) is 10.6. The van der Waals surface area contributed by atoms with Crippen LogP contribution in [0.4, 0.5) is 5.69 Å². The van der Waals surface area contributed by atoms with E-state index in [0.717, 1.165) is 18.5 Å². The van der Waals surface area contributed by atoms with Gasteiger partial charge < -0.3 is 9.88 Å². The molecule has 0 aliphatic carbocycles. The zero-order valence-corrected chi connectivity index (χ0v) is 16.1. The van der Waals surface area contributed by atoms with Crippen LogP contribution in [0.15, 0.2) is 78.0 Å². The Labute approximate surface area is 164 Å². The summed E-state index contributed by atoms with van der Waals surface area (Å²) in [6, 6.07) is 17.5. The molecule has 3 aromatic rings. The van der Waals surface area contributed by atoms with Crippen molar-refractivity contribution in [1.82, 2.24) is 8.87 Å². The number of sulfonamides is 1. The lowest BCUT2D eigenvalue weighted by atomic mass is 10.2. The van der Waals surface area contributed by atoms with Crippen LogP contribution in [-0.4, -0.2) is 36.3 Å². The van der Waals surface area contributed by atoms with Gasteiger partial charge in [0.2, 0.25) is 10.0 Å². The molecule has 1 aromatic heterocycles. The highest BCUT2D eigenvalue weighted by Crippen LogP contribution is 2.22. The van der Waals surface area contributed by atoms with Gasteiger partial charge in [0.25, 0.3) is 5.91 Å². The van der Waals surface area contributed by atoms with Gasteiger partial charge in [-0.15, -0.1) is 0 Å². The maximum absolute atomic E-state index is 12.6. The summed E-state index contributed by atoms with van der Waals surface area (Å²) >= 11 is 0. The summed E-state index contributed by atoms with van der Waals surface area (Å²) in [5, 5.41) is 2.81. The Hall–Kier alpha value is -2.90. The monoisotopic (exact) mass is 395 g/mol. The summed E-state index contributed by atoms with van der Waals surface area (Å²) in [4.78, 5) is 12.7. The second-order valence-electron chi connectivity index (χ2n) is 6.73. The molecular formula is C21H21N3O3S. The Kier molecular flexibility index (Phi) is 5.02. The standard InChI is InChI=1S/C21H21N3O3S/c25-21(17-5-9-19(10-6-17)23-13-1-2-14-23)22-18-7-11-20(12-8-18)28(26,27)24-15-3-4-16-24/h1-2,5-14H,3-4,15-16H2,(H,22,25). The van der Waals surface area contributed by atoms with Crippen molar-refractivity contribution in [2.45, 2.75) is 17.7 Å². The summed E-state index contributed by atoms with van der Waals surface area (Å²) in [5.41, 5.74) is 2.06. The molecule has 1 aliphatic heterocycles. The van der Waals surface area contributed by atoms with E-state index < -0.39 is 10.0 Å². The topological polar surface area (TPSA) is 71.4 Å². The molecule has 144 valence electrons. The predicted octanol–water partition coefficient (Wildman–Crippen LogP) is 3.51. The molecule has 7 heteroatoms. The van der Waals surface area contributed by atoms with Gasteiger partial charge in [0.1, 0.15) is 0 Å². The molecule has 1 aliphatic rings. The Morgan fingerprint density at radius 1 is 0.857 bits per heavy atom. The third kappa shape index (κ3) is 3.72. The molecule has 0 spiro atoms. The zero-order chi connectivity index (χ0) is 19.6. The fourth-order valence-electron chi connectivity index (χ4n) is 3.28. The number of aromatic nitrogens is 1. The number of amides is 1. The number of carbonyl (C=O) groups excluding carboxylic acids is 1. The Morgan fingerprint density at radius 3 is 2.07 bits per heavy atom. The number of hydrogen-bond donors (Lipinski definition) is 1. The molecule has 1 N–H and O–H groups in total. The van der Waals surface area contributed by atoms with Crippen LogP contribution in [-0.2, 0) is 10.0 Å². The SMILES string of the molecule is O=C(Nc1ccc(S(=O)(=O)N2CCCC2)cc1)c1ccc(-n2cccc2)cc1. The van der Waals surface area contributed by atoms with Crippen LogP contribution in [0, 0.1) is 0 Å². The number of nitrogens with zero attached hydrogens (tertiary/aromatic N) is 2. The molecular weight excluding hydrogens is 374 g/mol. The summed E-state index contributed by atoms with van der Waals surface area (Å²) in [6.07, 6.45) is 5.67. The van der Waals surface area contributed by atoms with Crippen molar-refractivity contribution in [1.29, 1.82) is 0 Å². The number of benzene rings is 2. The van der Waals surface area contributed by atoms with E-state index in [1.165, 1.54) is 4.31 Å². The maximum Gasteiger partial charge on any atom is 0.255 e. The van der Waals surface area contributed by atoms with Crippen molar-refractivity contribution in [3.63, 3.8) is 0 Å². The number of hydrogen-bond acceptors (Lipinski definition) is 3. The van der Waals surface area contributed by atoms with E-state index in [1.54, 1.807) is 36.4 Å². The van der Waals surface area contributed by atoms with E-state index in [9.17, 15) is 13.2 Å². The second kappa shape index (κ2) is 7.61. The fourth-order valence-corrected chi connectivity index (χ4v) is 4.80. The Bertz CT molecular complexity index is 1050. The van der Waals surface area contributed by atoms with Crippen molar-refractivity contribution in [2.24, 2.45) is 0 Å². The van der Waals surface area contributed by atoms with Gasteiger partial charge in [-0.25, -0.2) is 8.42 Å². The third-order valence-corrected chi connectivity index (χ3v) is 6.76. The minimum atomic E-state index is -3.44. The average molecular weight is 395 g/mol. The molecule has 0 saturated carbocycles. The van der Waals surface area contributed by atoms with E-state index in [1.807, 2.05) is 41.2 Å². The van der Waals surface area contributed by atoms with Gasteiger partial charge in [-0.05, 0) is 73.5 Å². The van der Waals surface area contributed by atoms with E-state index >= 15 is 0 Å². The largest absolute Gasteiger partial charge is 0.324 e. The van der Waals surface area contributed by atoms with E-state index in [2.05, 4.69) is 5.32 Å². The fraction of sp³-hybridized carbons (Fsp3) is 0.190. The second-order valence-corrected chi connectivity index (χ2v) is 8.66. The highest BCUT2D eigenvalue weighted by molar-refractivity contribution is 7.89. The Balaban J connectivity index is 1.45. The van der Waals surface area contributed by atoms with Crippen molar-refractivity contribution >= 4 is 21.6 Å². The maximum atomic E-state index is 12.6. The van der Waals surface area contributed by atoms with Crippen LogP contribution in [0.2, 0.25) is 0 Å². The van der Waals surface area contributed by atoms with Crippen LogP contribution < -0.4 is 5.32 Å². The molecule has 0 radical (unpaired) electrons. The number of anilines is 1. The molecule has 2 aromatic carbocycles. The van der Waals surface area contributed by atoms with Gasteiger partial charge in [0.05, 0.1) is 4.90 Å². The van der Waals surface area contributed by atoms with E-state index in [0.29, 0.717) is 24.3 Å². The Morgan fingerprint density at radius 2 is 1.46 bits per heavy atom. The van der Waals surface area contributed by atoms with Crippen molar-refractivity contribution in [2.75, 3.05) is 18.4 Å².